The molecule has 0 unspecified atom stereocenters. The quantitative estimate of drug-likeness (QED) is 0.144. The molecular formula is C38H39Cl2N7O6. The number of methoxy groups -OCH3 is 1. The molecular weight excluding hydrogens is 721 g/mol. The van der Waals surface area contributed by atoms with Crippen molar-refractivity contribution in [3.63, 3.8) is 0 Å². The minimum atomic E-state index is -1.11. The highest BCUT2D eigenvalue weighted by atomic mass is 35.5. The average molecular weight is 761 g/mol. The topological polar surface area (TPSA) is 152 Å². The zero-order valence-electron chi connectivity index (χ0n) is 29.3. The largest absolute Gasteiger partial charge is 0.481 e. The highest BCUT2D eigenvalue weighted by Gasteiger charge is 2.27. The Bertz CT molecular complexity index is 2250. The normalized spacial score (nSPS) is 17.0. The fraction of sp³-hybridized carbons (Fsp3) is 0.342. The summed E-state index contributed by atoms with van der Waals surface area (Å²) in [6.45, 7) is 2.08. The second-order valence-corrected chi connectivity index (χ2v) is 14.0. The van der Waals surface area contributed by atoms with Crippen LogP contribution in [0.1, 0.15) is 37.1 Å². The lowest BCUT2D eigenvalue weighted by Crippen LogP contribution is -2.41. The zero-order chi connectivity index (χ0) is 37.2. The Balaban J connectivity index is 1.15. The first-order chi connectivity index (χ1) is 25.6. The van der Waals surface area contributed by atoms with Crippen LogP contribution in [0.25, 0.3) is 39.0 Å². The van der Waals surface area contributed by atoms with E-state index in [0.29, 0.717) is 80.8 Å². The van der Waals surface area contributed by atoms with E-state index in [0.717, 1.165) is 25.0 Å². The summed E-state index contributed by atoms with van der Waals surface area (Å²) in [6.07, 6.45) is 3.91. The van der Waals surface area contributed by atoms with Gasteiger partial charge >= 0.3 is 6.09 Å². The molecule has 2 amide bonds. The van der Waals surface area contributed by atoms with Gasteiger partial charge in [-0.3, -0.25) is 14.2 Å². The van der Waals surface area contributed by atoms with Gasteiger partial charge in [-0.2, -0.15) is 5.10 Å². The highest BCUT2D eigenvalue weighted by Crippen LogP contribution is 2.42. The maximum absolute atomic E-state index is 13.4. The summed E-state index contributed by atoms with van der Waals surface area (Å²) in [5, 5.41) is 21.7. The number of hydrogen-bond donors (Lipinski definition) is 3. The van der Waals surface area contributed by atoms with E-state index >= 15 is 0 Å². The van der Waals surface area contributed by atoms with Gasteiger partial charge in [0.15, 0.2) is 0 Å². The van der Waals surface area contributed by atoms with Gasteiger partial charge in [0.2, 0.25) is 11.8 Å². The number of carbonyl (C=O) groups excluding carboxylic acids is 1. The Kier molecular flexibility index (Phi) is 10.7. The first-order valence-electron chi connectivity index (χ1n) is 17.4. The number of nitrogens with zero attached hydrogens (tertiary/aromatic N) is 5. The Morgan fingerprint density at radius 2 is 1.81 bits per heavy atom. The van der Waals surface area contributed by atoms with Crippen LogP contribution in [0.4, 0.5) is 4.79 Å². The van der Waals surface area contributed by atoms with Gasteiger partial charge in [-0.15, -0.1) is 0 Å². The van der Waals surface area contributed by atoms with Crippen molar-refractivity contribution >= 4 is 40.7 Å². The Morgan fingerprint density at radius 1 is 1.08 bits per heavy atom. The highest BCUT2D eigenvalue weighted by molar-refractivity contribution is 6.39. The number of carbonyl (C=O) groups is 2. The molecule has 53 heavy (non-hydrogen) atoms. The summed E-state index contributed by atoms with van der Waals surface area (Å²) in [7, 11) is 3.19. The lowest BCUT2D eigenvalue weighted by molar-refractivity contribution is -0.119. The molecule has 276 valence electrons. The van der Waals surface area contributed by atoms with Gasteiger partial charge in [0.1, 0.15) is 11.3 Å². The third kappa shape index (κ3) is 7.61. The Hall–Kier alpha value is -4.95. The maximum Gasteiger partial charge on any atom is 0.407 e. The van der Waals surface area contributed by atoms with Gasteiger partial charge in [-0.05, 0) is 37.5 Å². The minimum absolute atomic E-state index is 0.0268. The number of amides is 2. The monoisotopic (exact) mass is 759 g/mol. The average Bonchev–Trinajstić information content (AvgIpc) is 3.92. The standard InChI is InChI=1S/C38H39Cl2N7O6/c1-45-32(18-41-17-25-6-5-15-53-25)44-47-20-23(16-31(47)37(45)49)26-7-3-8-27(34(26)39)28-9-4-10-29(35(28)40)30-13-11-22(36(43-30)52-2)19-46(38(50)51)21-24-12-14-33(48)42-24/h3-4,7-11,13,16,20,24-25,41H,5-6,12,14-15,17-19,21H2,1-2H3,(H,42,48)(H,50,51)/t24-,25-/m0/s1. The van der Waals surface area contributed by atoms with Crippen LogP contribution in [0.15, 0.2) is 65.6 Å². The van der Waals surface area contributed by atoms with E-state index in [1.165, 1.54) is 12.0 Å². The number of ether oxygens (including phenoxy) is 2. The van der Waals surface area contributed by atoms with E-state index in [9.17, 15) is 19.5 Å². The number of carboxylic acid groups (broad SMARTS) is 1. The van der Waals surface area contributed by atoms with Gasteiger partial charge in [0, 0.05) is 78.8 Å². The van der Waals surface area contributed by atoms with E-state index in [2.05, 4.69) is 10.6 Å². The smallest absolute Gasteiger partial charge is 0.407 e. The van der Waals surface area contributed by atoms with Gasteiger partial charge in [0.25, 0.3) is 5.56 Å². The summed E-state index contributed by atoms with van der Waals surface area (Å²) >= 11 is 14.2. The summed E-state index contributed by atoms with van der Waals surface area (Å²) in [5.74, 6) is 0.776. The molecule has 2 aliphatic rings. The molecule has 15 heteroatoms. The van der Waals surface area contributed by atoms with Crippen molar-refractivity contribution in [2.45, 2.75) is 50.9 Å². The van der Waals surface area contributed by atoms with Crippen molar-refractivity contribution in [1.82, 2.24) is 34.7 Å². The number of nitrogens with one attached hydrogen (secondary N) is 2. The van der Waals surface area contributed by atoms with Gasteiger partial charge in [0.05, 0.1) is 42.0 Å². The first-order valence-corrected chi connectivity index (χ1v) is 18.2. The van der Waals surface area contributed by atoms with Gasteiger partial charge in [-0.25, -0.2) is 14.3 Å². The lowest BCUT2D eigenvalue weighted by Gasteiger charge is -2.23. The molecule has 2 aliphatic heterocycles. The van der Waals surface area contributed by atoms with Gasteiger partial charge < -0.3 is 30.1 Å². The Morgan fingerprint density at radius 3 is 2.49 bits per heavy atom. The third-order valence-electron chi connectivity index (χ3n) is 9.78. The molecule has 0 saturated carbocycles. The van der Waals surface area contributed by atoms with E-state index in [1.54, 1.807) is 40.5 Å². The predicted molar refractivity (Wildman–Crippen MR) is 201 cm³/mol. The van der Waals surface area contributed by atoms with E-state index in [-0.39, 0.29) is 42.6 Å². The molecule has 0 radical (unpaired) electrons. The van der Waals surface area contributed by atoms with Crippen molar-refractivity contribution < 1.29 is 24.2 Å². The third-order valence-corrected chi connectivity index (χ3v) is 10.6. The zero-order valence-corrected chi connectivity index (χ0v) is 30.8. The molecule has 3 N–H and O–H groups in total. The molecule has 2 atom stereocenters. The van der Waals surface area contributed by atoms with Crippen LogP contribution in [-0.4, -0.2) is 80.1 Å². The van der Waals surface area contributed by atoms with Crippen LogP contribution in [0.3, 0.4) is 0 Å². The first kappa shape index (κ1) is 36.4. The molecule has 7 rings (SSSR count). The van der Waals surface area contributed by atoms with Crippen LogP contribution < -0.4 is 20.9 Å². The second kappa shape index (κ2) is 15.6. The molecule has 2 saturated heterocycles. The predicted octanol–water partition coefficient (Wildman–Crippen LogP) is 5.77. The van der Waals surface area contributed by atoms with Crippen LogP contribution in [0.5, 0.6) is 5.88 Å². The van der Waals surface area contributed by atoms with Crippen molar-refractivity contribution in [2.24, 2.45) is 7.05 Å². The molecule has 0 aliphatic carbocycles. The van der Waals surface area contributed by atoms with Gasteiger partial charge in [-0.1, -0.05) is 59.6 Å². The molecule has 2 fully saturated rings. The van der Waals surface area contributed by atoms with Crippen molar-refractivity contribution in [3.05, 3.63) is 92.6 Å². The van der Waals surface area contributed by atoms with Crippen LogP contribution >= 0.6 is 23.2 Å². The van der Waals surface area contributed by atoms with E-state index < -0.39 is 6.09 Å². The number of pyridine rings is 1. The number of halogens is 2. The molecule has 3 aromatic heterocycles. The summed E-state index contributed by atoms with van der Waals surface area (Å²) in [4.78, 5) is 43.1. The molecule has 2 aromatic carbocycles. The number of hydrogen-bond acceptors (Lipinski definition) is 8. The fourth-order valence-corrected chi connectivity index (χ4v) is 7.60. The second-order valence-electron chi connectivity index (χ2n) is 13.3. The minimum Gasteiger partial charge on any atom is -0.481 e. The molecule has 0 bridgehead atoms. The van der Waals surface area contributed by atoms with Crippen LogP contribution in [0.2, 0.25) is 10.0 Å². The van der Waals surface area contributed by atoms with E-state index in [1.807, 2.05) is 36.4 Å². The molecule has 5 heterocycles. The SMILES string of the molecule is COc1nc(-c2cccc(-c3cccc(-c4cc5c(=O)n(C)c(CNC[C@@H]6CCCO6)nn5c4)c3Cl)c2Cl)ccc1CN(C[C@@H]1CCC(=O)N1)C(=O)O. The van der Waals surface area contributed by atoms with Crippen molar-refractivity contribution in [2.75, 3.05) is 26.8 Å². The van der Waals surface area contributed by atoms with E-state index in [4.69, 9.17) is 42.8 Å². The maximum atomic E-state index is 13.4. The summed E-state index contributed by atoms with van der Waals surface area (Å²) in [5.41, 5.74) is 4.77. The number of fused-ring (bicyclic) bond motifs is 1. The number of aromatic nitrogens is 4. The van der Waals surface area contributed by atoms with Crippen LogP contribution in [0, 0.1) is 0 Å². The van der Waals surface area contributed by atoms with Crippen LogP contribution in [-0.2, 0) is 29.7 Å². The van der Waals surface area contributed by atoms with Crippen molar-refractivity contribution in [1.29, 1.82) is 0 Å². The number of rotatable bonds is 12. The van der Waals surface area contributed by atoms with Crippen molar-refractivity contribution in [3.8, 4) is 39.4 Å². The molecule has 13 nitrogen and oxygen atoms in total. The summed E-state index contributed by atoms with van der Waals surface area (Å²) in [6, 6.07) is 16.3. The fourth-order valence-electron chi connectivity index (χ4n) is 6.94. The Labute approximate surface area is 315 Å². The molecule has 5 aromatic rings. The molecule has 0 spiro atoms. The number of benzene rings is 2. The summed E-state index contributed by atoms with van der Waals surface area (Å²) < 4.78 is 14.4. The lowest BCUT2D eigenvalue weighted by atomic mass is 9.97.